The topological polar surface area (TPSA) is 120 Å². The molecule has 0 bridgehead atoms. The summed E-state index contributed by atoms with van der Waals surface area (Å²) in [7, 11) is -0.630. The highest BCUT2D eigenvalue weighted by molar-refractivity contribution is 7.92. The molecule has 0 radical (unpaired) electrons. The summed E-state index contributed by atoms with van der Waals surface area (Å²) in [6.45, 7) is 4.24. The minimum Gasteiger partial charge on any atom is -0.470 e. The first kappa shape index (κ1) is 27.7. The van der Waals surface area contributed by atoms with Crippen LogP contribution in [0.25, 0.3) is 56.0 Å². The molecule has 1 N–H and O–H groups in total. The molecule has 0 aliphatic carbocycles. The Kier molecular flexibility index (Phi) is 6.26. The van der Waals surface area contributed by atoms with Crippen LogP contribution in [0, 0.1) is 13.8 Å². The van der Waals surface area contributed by atoms with Crippen molar-refractivity contribution < 1.29 is 22.4 Å². The number of carbonyl (C=O) groups is 1. The summed E-state index contributed by atoms with van der Waals surface area (Å²) in [4.78, 5) is 23.0. The van der Waals surface area contributed by atoms with Crippen molar-refractivity contribution in [3.8, 4) is 39.7 Å². The van der Waals surface area contributed by atoms with Crippen molar-refractivity contribution in [1.82, 2.24) is 19.9 Å². The number of ether oxygens (including phenoxy) is 1. The van der Waals surface area contributed by atoms with Gasteiger partial charge in [-0.1, -0.05) is 29.8 Å². The standard InChI is InChI=1S/C33H29N5O5S/c1-18-6-9-20(10-7-18)32-30(33(39)34-3)22-14-21(26(16-29(22)43-32)37(4)44(5,40)41)23-11-13-28-31(36-23)27-15-24-25(38(27)17-42-28)12-8-19(2)35-24/h6-16H,17H2,1-5H3,(H,34,39). The minimum absolute atomic E-state index is 0.317. The van der Waals surface area contributed by atoms with Crippen molar-refractivity contribution in [1.29, 1.82) is 0 Å². The van der Waals surface area contributed by atoms with E-state index in [1.54, 1.807) is 25.2 Å². The van der Waals surface area contributed by atoms with Gasteiger partial charge in [0.05, 0.1) is 39.9 Å². The molecule has 11 heteroatoms. The molecule has 4 aromatic heterocycles. The van der Waals surface area contributed by atoms with E-state index in [1.165, 1.54) is 11.4 Å². The Hall–Kier alpha value is -5.16. The Morgan fingerprint density at radius 2 is 1.77 bits per heavy atom. The maximum atomic E-state index is 13.3. The fraction of sp³-hybridized carbons (Fsp3) is 0.182. The fourth-order valence-electron chi connectivity index (χ4n) is 5.64. The molecule has 1 aliphatic rings. The molecular weight excluding hydrogens is 578 g/mol. The third-order valence-corrected chi connectivity index (χ3v) is 9.23. The lowest BCUT2D eigenvalue weighted by atomic mass is 10.00. The quantitative estimate of drug-likeness (QED) is 0.259. The summed E-state index contributed by atoms with van der Waals surface area (Å²) in [6, 6.07) is 20.7. The van der Waals surface area contributed by atoms with E-state index in [4.69, 9.17) is 14.1 Å². The van der Waals surface area contributed by atoms with Crippen molar-refractivity contribution in [2.75, 3.05) is 24.7 Å². The minimum atomic E-state index is -3.68. The van der Waals surface area contributed by atoms with Crippen molar-refractivity contribution in [2.24, 2.45) is 0 Å². The second kappa shape index (κ2) is 9.95. The van der Waals surface area contributed by atoms with E-state index in [9.17, 15) is 13.2 Å². The summed E-state index contributed by atoms with van der Waals surface area (Å²) < 4.78 is 41.2. The van der Waals surface area contributed by atoms with Gasteiger partial charge in [-0.3, -0.25) is 14.1 Å². The molecule has 1 amide bonds. The molecule has 6 aromatic rings. The lowest BCUT2D eigenvalue weighted by Gasteiger charge is -2.23. The van der Waals surface area contributed by atoms with Gasteiger partial charge in [0.1, 0.15) is 22.8 Å². The highest BCUT2D eigenvalue weighted by Crippen LogP contribution is 2.43. The summed E-state index contributed by atoms with van der Waals surface area (Å²) in [5.74, 6) is 0.674. The smallest absolute Gasteiger partial charge is 0.255 e. The van der Waals surface area contributed by atoms with Crippen LogP contribution >= 0.6 is 0 Å². The number of rotatable bonds is 5. The highest BCUT2D eigenvalue weighted by atomic mass is 32.2. The predicted octanol–water partition coefficient (Wildman–Crippen LogP) is 5.90. The van der Waals surface area contributed by atoms with Crippen LogP contribution in [0.4, 0.5) is 5.69 Å². The van der Waals surface area contributed by atoms with E-state index in [1.807, 2.05) is 66.9 Å². The number of hydrogen-bond donors (Lipinski definition) is 1. The third-order valence-electron chi connectivity index (χ3n) is 8.03. The number of hydrogen-bond acceptors (Lipinski definition) is 7. The Bertz CT molecular complexity index is 2250. The normalized spacial score (nSPS) is 12.6. The molecule has 5 heterocycles. The summed E-state index contributed by atoms with van der Waals surface area (Å²) >= 11 is 0. The van der Waals surface area contributed by atoms with E-state index >= 15 is 0 Å². The number of sulfonamides is 1. The first-order valence-electron chi connectivity index (χ1n) is 14.0. The molecule has 0 unspecified atom stereocenters. The number of amides is 1. The van der Waals surface area contributed by atoms with E-state index in [2.05, 4.69) is 10.3 Å². The van der Waals surface area contributed by atoms with Gasteiger partial charge in [-0.25, -0.2) is 13.4 Å². The number of nitrogens with zero attached hydrogens (tertiary/aromatic N) is 4. The van der Waals surface area contributed by atoms with Crippen LogP contribution in [0.3, 0.4) is 0 Å². The lowest BCUT2D eigenvalue weighted by Crippen LogP contribution is -2.25. The van der Waals surface area contributed by atoms with Crippen molar-refractivity contribution in [3.05, 3.63) is 83.6 Å². The summed E-state index contributed by atoms with van der Waals surface area (Å²) in [5.41, 5.74) is 8.01. The van der Waals surface area contributed by atoms with Gasteiger partial charge in [0.2, 0.25) is 10.0 Å². The van der Waals surface area contributed by atoms with Crippen molar-refractivity contribution in [2.45, 2.75) is 20.6 Å². The van der Waals surface area contributed by atoms with E-state index in [0.717, 1.165) is 39.8 Å². The van der Waals surface area contributed by atoms with Crippen LogP contribution in [0.15, 0.2) is 71.1 Å². The number of furan rings is 1. The molecule has 1 aliphatic heterocycles. The zero-order valence-corrected chi connectivity index (χ0v) is 25.6. The lowest BCUT2D eigenvalue weighted by molar-refractivity contribution is 0.0964. The monoisotopic (exact) mass is 607 g/mol. The second-order valence-electron chi connectivity index (χ2n) is 11.0. The van der Waals surface area contributed by atoms with Crippen LogP contribution in [0.5, 0.6) is 5.75 Å². The van der Waals surface area contributed by atoms with Crippen LogP contribution in [-0.4, -0.2) is 49.2 Å². The van der Waals surface area contributed by atoms with E-state index < -0.39 is 10.0 Å². The van der Waals surface area contributed by atoms with Crippen LogP contribution in [0.1, 0.15) is 21.6 Å². The van der Waals surface area contributed by atoms with Crippen molar-refractivity contribution >= 4 is 43.6 Å². The molecule has 10 nitrogen and oxygen atoms in total. The molecule has 0 saturated heterocycles. The zero-order valence-electron chi connectivity index (χ0n) is 24.8. The summed E-state index contributed by atoms with van der Waals surface area (Å²) in [6.07, 6.45) is 1.14. The van der Waals surface area contributed by atoms with Gasteiger partial charge < -0.3 is 19.0 Å². The molecule has 0 atom stereocenters. The summed E-state index contributed by atoms with van der Waals surface area (Å²) in [5, 5.41) is 3.26. The number of aromatic nitrogens is 3. The number of pyridine rings is 2. The molecule has 2 aromatic carbocycles. The highest BCUT2D eigenvalue weighted by Gasteiger charge is 2.28. The van der Waals surface area contributed by atoms with Crippen LogP contribution in [0.2, 0.25) is 0 Å². The maximum Gasteiger partial charge on any atom is 0.255 e. The SMILES string of the molecule is CNC(=O)c1c(-c2ccc(C)cc2)oc2cc(N(C)S(C)(=O)=O)c(-c3ccc4c(n3)-c3cc5nc(C)ccc5n3CO4)cc12. The van der Waals surface area contributed by atoms with Gasteiger partial charge in [0.25, 0.3) is 5.91 Å². The van der Waals surface area contributed by atoms with Crippen LogP contribution in [-0.2, 0) is 16.8 Å². The molecule has 44 heavy (non-hydrogen) atoms. The largest absolute Gasteiger partial charge is 0.470 e. The van der Waals surface area contributed by atoms with Gasteiger partial charge in [0, 0.05) is 42.4 Å². The number of aryl methyl sites for hydroxylation is 2. The molecule has 0 fully saturated rings. The molecule has 7 rings (SSSR count). The Morgan fingerprint density at radius 3 is 2.50 bits per heavy atom. The second-order valence-corrected chi connectivity index (χ2v) is 13.0. The predicted molar refractivity (Wildman–Crippen MR) is 170 cm³/mol. The Morgan fingerprint density at radius 1 is 1.00 bits per heavy atom. The average molecular weight is 608 g/mol. The van der Waals surface area contributed by atoms with E-state index in [-0.39, 0.29) is 5.91 Å². The van der Waals surface area contributed by atoms with Crippen molar-refractivity contribution in [3.63, 3.8) is 0 Å². The molecule has 222 valence electrons. The number of fused-ring (bicyclic) bond motifs is 6. The average Bonchev–Trinajstić information content (AvgIpc) is 3.57. The van der Waals surface area contributed by atoms with Crippen LogP contribution < -0.4 is 14.4 Å². The number of nitrogens with one attached hydrogen (secondary N) is 1. The Balaban J connectivity index is 1.49. The Labute approximate surface area is 254 Å². The molecule has 0 saturated carbocycles. The molecular formula is C33H29N5O5S. The fourth-order valence-corrected chi connectivity index (χ4v) is 6.15. The number of anilines is 1. The molecule has 0 spiro atoms. The van der Waals surface area contributed by atoms with Gasteiger partial charge >= 0.3 is 0 Å². The number of benzene rings is 2. The number of carbonyl (C=O) groups excluding carboxylic acids is 1. The third kappa shape index (κ3) is 4.39. The van der Waals surface area contributed by atoms with Gasteiger partial charge in [-0.15, -0.1) is 0 Å². The maximum absolute atomic E-state index is 13.3. The first-order chi connectivity index (χ1) is 21.0. The van der Waals surface area contributed by atoms with Gasteiger partial charge in [-0.2, -0.15) is 0 Å². The van der Waals surface area contributed by atoms with Gasteiger partial charge in [0.15, 0.2) is 6.73 Å². The zero-order chi connectivity index (χ0) is 30.9. The van der Waals surface area contributed by atoms with E-state index in [0.29, 0.717) is 57.4 Å². The first-order valence-corrected chi connectivity index (χ1v) is 15.8. The van der Waals surface area contributed by atoms with Gasteiger partial charge in [-0.05, 0) is 50.2 Å².